The lowest BCUT2D eigenvalue weighted by Gasteiger charge is -2.13. The summed E-state index contributed by atoms with van der Waals surface area (Å²) in [5, 5.41) is 8.93. The maximum atomic E-state index is 13.6. The second-order valence-electron chi connectivity index (χ2n) is 5.68. The number of halogens is 2. The zero-order valence-corrected chi connectivity index (χ0v) is 17.8. The van der Waals surface area contributed by atoms with Crippen LogP contribution in [-0.4, -0.2) is 26.2 Å². The van der Waals surface area contributed by atoms with Crippen molar-refractivity contribution in [3.8, 4) is 0 Å². The van der Waals surface area contributed by atoms with E-state index in [1.165, 1.54) is 13.2 Å². The monoisotopic (exact) mass is 486 g/mol. The van der Waals surface area contributed by atoms with Crippen molar-refractivity contribution in [1.82, 2.24) is 10.6 Å². The first-order valence-corrected chi connectivity index (χ1v) is 8.15. The predicted molar refractivity (Wildman–Crippen MR) is 116 cm³/mol. The molecule has 0 unspecified atom stereocenters. The average molecular weight is 486 g/mol. The molecule has 6 nitrogen and oxygen atoms in total. The van der Waals surface area contributed by atoms with Crippen molar-refractivity contribution in [2.45, 2.75) is 20.0 Å². The number of nitrogens with zero attached hydrogens (tertiary/aromatic N) is 1. The van der Waals surface area contributed by atoms with Gasteiger partial charge in [0.25, 0.3) is 0 Å². The van der Waals surface area contributed by atoms with Crippen molar-refractivity contribution in [3.63, 3.8) is 0 Å². The molecule has 8 heteroatoms. The fourth-order valence-electron chi connectivity index (χ4n) is 2.21. The molecule has 146 valence electrons. The molecule has 0 aromatic heterocycles. The average Bonchev–Trinajstić information content (AvgIpc) is 2.65. The Morgan fingerprint density at radius 3 is 2.22 bits per heavy atom. The third-order valence-corrected chi connectivity index (χ3v) is 3.77. The molecular weight excluding hydrogens is 462 g/mol. The first-order valence-electron chi connectivity index (χ1n) is 8.15. The fraction of sp³-hybridized carbons (Fsp3) is 0.263. The van der Waals surface area contributed by atoms with Crippen LogP contribution in [0.25, 0.3) is 0 Å². The molecule has 0 saturated heterocycles. The second kappa shape index (κ2) is 11.4. The van der Waals surface area contributed by atoms with E-state index in [0.29, 0.717) is 30.3 Å². The van der Waals surface area contributed by atoms with Crippen LogP contribution >= 0.6 is 24.0 Å². The number of carbonyl (C=O) groups is 1. The number of amides is 1. The highest BCUT2D eigenvalue weighted by atomic mass is 127. The summed E-state index contributed by atoms with van der Waals surface area (Å²) < 4.78 is 18.1. The number of nitrogens with one attached hydrogen (secondary N) is 3. The lowest BCUT2D eigenvalue weighted by atomic mass is 10.1. The Balaban J connectivity index is 0.00000364. The van der Waals surface area contributed by atoms with Gasteiger partial charge in [-0.25, -0.2) is 9.18 Å². The molecule has 27 heavy (non-hydrogen) atoms. The van der Waals surface area contributed by atoms with Gasteiger partial charge in [-0.1, -0.05) is 24.3 Å². The van der Waals surface area contributed by atoms with Crippen LogP contribution in [0.1, 0.15) is 16.7 Å². The molecule has 2 aromatic carbocycles. The lowest BCUT2D eigenvalue weighted by molar-refractivity contribution is 0.187. The van der Waals surface area contributed by atoms with Crippen molar-refractivity contribution < 1.29 is 13.9 Å². The van der Waals surface area contributed by atoms with Crippen LogP contribution in [0.5, 0.6) is 0 Å². The minimum absolute atomic E-state index is 0. The Morgan fingerprint density at radius 1 is 1.07 bits per heavy atom. The normalized spacial score (nSPS) is 10.6. The first-order chi connectivity index (χ1) is 12.5. The van der Waals surface area contributed by atoms with Gasteiger partial charge in [0.2, 0.25) is 0 Å². The number of hydrogen-bond acceptors (Lipinski definition) is 3. The van der Waals surface area contributed by atoms with Gasteiger partial charge in [-0.15, -0.1) is 24.0 Å². The third kappa shape index (κ3) is 7.41. The summed E-state index contributed by atoms with van der Waals surface area (Å²) in [6, 6.07) is 12.5. The van der Waals surface area contributed by atoms with Crippen LogP contribution in [0.2, 0.25) is 0 Å². The van der Waals surface area contributed by atoms with Crippen LogP contribution in [0.4, 0.5) is 14.9 Å². The minimum atomic E-state index is -0.506. The number of rotatable bonds is 5. The topological polar surface area (TPSA) is 74.8 Å². The molecule has 0 radical (unpaired) electrons. The lowest BCUT2D eigenvalue weighted by Crippen LogP contribution is -2.36. The molecule has 0 atom stereocenters. The molecule has 3 N–H and O–H groups in total. The van der Waals surface area contributed by atoms with Crippen LogP contribution in [0.3, 0.4) is 0 Å². The van der Waals surface area contributed by atoms with Crippen LogP contribution in [0, 0.1) is 12.7 Å². The highest BCUT2D eigenvalue weighted by molar-refractivity contribution is 14.0. The number of anilines is 1. The van der Waals surface area contributed by atoms with E-state index in [2.05, 4.69) is 25.7 Å². The second-order valence-corrected chi connectivity index (χ2v) is 5.68. The molecule has 0 spiro atoms. The molecule has 2 aromatic rings. The van der Waals surface area contributed by atoms with E-state index in [4.69, 9.17) is 0 Å². The molecule has 0 heterocycles. The Labute approximate surface area is 175 Å². The number of carbonyl (C=O) groups excluding carboxylic acids is 1. The van der Waals surface area contributed by atoms with Gasteiger partial charge in [-0.05, 0) is 41.8 Å². The molecule has 0 fully saturated rings. The van der Waals surface area contributed by atoms with Gasteiger partial charge in [0.15, 0.2) is 5.96 Å². The Bertz CT molecular complexity index is 782. The highest BCUT2D eigenvalue weighted by Gasteiger charge is 2.03. The molecular formula is C19H24FIN4O2. The quantitative estimate of drug-likeness (QED) is 0.342. The Morgan fingerprint density at radius 2 is 1.67 bits per heavy atom. The SMILES string of the molecule is CN=C(NCc1ccc(NC(=O)OC)cc1)NCc1ccc(C)c(F)c1.I. The Hall–Kier alpha value is -2.36. The molecule has 1 amide bonds. The van der Waals surface area contributed by atoms with Crippen LogP contribution in [0.15, 0.2) is 47.5 Å². The summed E-state index contributed by atoms with van der Waals surface area (Å²) in [6.07, 6.45) is -0.506. The maximum absolute atomic E-state index is 13.6. The number of guanidine groups is 1. The predicted octanol–water partition coefficient (Wildman–Crippen LogP) is 3.80. The number of methoxy groups -OCH3 is 1. The van der Waals surface area contributed by atoms with Gasteiger partial charge in [0.05, 0.1) is 7.11 Å². The minimum Gasteiger partial charge on any atom is -0.453 e. The van der Waals surface area contributed by atoms with E-state index >= 15 is 0 Å². The highest BCUT2D eigenvalue weighted by Crippen LogP contribution is 2.10. The summed E-state index contributed by atoms with van der Waals surface area (Å²) in [5.41, 5.74) is 3.14. The molecule has 0 aliphatic heterocycles. The number of aliphatic imine (C=N–C) groups is 1. The van der Waals surface area contributed by atoms with E-state index < -0.39 is 6.09 Å². The maximum Gasteiger partial charge on any atom is 0.411 e. The third-order valence-electron chi connectivity index (χ3n) is 3.77. The molecule has 0 saturated carbocycles. The standard InChI is InChI=1S/C19H23FN4O2.HI/c1-13-4-5-15(10-17(13)20)12-23-18(21-2)22-11-14-6-8-16(9-7-14)24-19(25)26-3;/h4-10H,11-12H2,1-3H3,(H,24,25)(H2,21,22,23);1H. The van der Waals surface area contributed by atoms with E-state index in [1.807, 2.05) is 18.2 Å². The molecule has 0 bridgehead atoms. The number of aryl methyl sites for hydroxylation is 1. The zero-order valence-electron chi connectivity index (χ0n) is 15.5. The van der Waals surface area contributed by atoms with Crippen molar-refractivity contribution in [2.75, 3.05) is 19.5 Å². The molecule has 0 aliphatic rings. The summed E-state index contributed by atoms with van der Waals surface area (Å²) >= 11 is 0. The number of hydrogen-bond donors (Lipinski definition) is 3. The first kappa shape index (κ1) is 22.7. The molecule has 2 rings (SSSR count). The van der Waals surface area contributed by atoms with Crippen molar-refractivity contribution >= 4 is 41.7 Å². The summed E-state index contributed by atoms with van der Waals surface area (Å²) in [7, 11) is 2.99. The van der Waals surface area contributed by atoms with E-state index in [9.17, 15) is 9.18 Å². The van der Waals surface area contributed by atoms with Gasteiger partial charge in [0, 0.05) is 25.8 Å². The summed E-state index contributed by atoms with van der Waals surface area (Å²) in [4.78, 5) is 15.3. The summed E-state index contributed by atoms with van der Waals surface area (Å²) in [5.74, 6) is 0.399. The zero-order chi connectivity index (χ0) is 18.9. The van der Waals surface area contributed by atoms with Crippen molar-refractivity contribution in [3.05, 3.63) is 65.0 Å². The van der Waals surface area contributed by atoms with E-state index in [0.717, 1.165) is 11.1 Å². The van der Waals surface area contributed by atoms with Gasteiger partial charge in [-0.2, -0.15) is 0 Å². The fourth-order valence-corrected chi connectivity index (χ4v) is 2.21. The van der Waals surface area contributed by atoms with Gasteiger partial charge < -0.3 is 15.4 Å². The number of ether oxygens (including phenoxy) is 1. The summed E-state index contributed by atoms with van der Waals surface area (Å²) in [6.45, 7) is 2.76. The smallest absolute Gasteiger partial charge is 0.411 e. The van der Waals surface area contributed by atoms with Crippen LogP contribution < -0.4 is 16.0 Å². The van der Waals surface area contributed by atoms with Crippen LogP contribution in [-0.2, 0) is 17.8 Å². The largest absolute Gasteiger partial charge is 0.453 e. The number of benzene rings is 2. The van der Waals surface area contributed by atoms with Crippen molar-refractivity contribution in [2.24, 2.45) is 4.99 Å². The van der Waals surface area contributed by atoms with Gasteiger partial charge in [-0.3, -0.25) is 10.3 Å². The van der Waals surface area contributed by atoms with E-state index in [-0.39, 0.29) is 29.8 Å². The van der Waals surface area contributed by atoms with Gasteiger partial charge in [0.1, 0.15) is 5.82 Å². The van der Waals surface area contributed by atoms with E-state index in [1.54, 1.807) is 32.2 Å². The molecule has 0 aliphatic carbocycles. The van der Waals surface area contributed by atoms with Gasteiger partial charge >= 0.3 is 6.09 Å². The Kier molecular flexibility index (Phi) is 9.55. The van der Waals surface area contributed by atoms with Crippen molar-refractivity contribution in [1.29, 1.82) is 0 Å².